The molecule has 0 saturated heterocycles. The van der Waals surface area contributed by atoms with Gasteiger partial charge in [0.15, 0.2) is 0 Å². The Bertz CT molecular complexity index is 898. The number of nitrogens with one attached hydrogen (secondary N) is 1. The molecule has 6 nitrogen and oxygen atoms in total. The Kier molecular flexibility index (Phi) is 4.61. The van der Waals surface area contributed by atoms with Crippen LogP contribution in [0.15, 0.2) is 36.5 Å². The van der Waals surface area contributed by atoms with Crippen molar-refractivity contribution in [2.24, 2.45) is 5.73 Å². The van der Waals surface area contributed by atoms with Gasteiger partial charge in [0, 0.05) is 17.1 Å². The van der Waals surface area contributed by atoms with E-state index in [1.54, 1.807) is 18.3 Å². The number of aromatic amines is 1. The van der Waals surface area contributed by atoms with Crippen LogP contribution in [0.1, 0.15) is 37.0 Å². The first-order valence-corrected chi connectivity index (χ1v) is 8.22. The minimum atomic E-state index is -0.520. The number of hydrogen-bond acceptors (Lipinski definition) is 4. The van der Waals surface area contributed by atoms with E-state index in [-0.39, 0.29) is 6.10 Å². The third-order valence-corrected chi connectivity index (χ3v) is 3.69. The molecular weight excluding hydrogens is 318 g/mol. The molecule has 3 aromatic rings. The van der Waals surface area contributed by atoms with E-state index < -0.39 is 5.91 Å². The molecule has 130 valence electrons. The molecular formula is C19H21N3O3. The summed E-state index contributed by atoms with van der Waals surface area (Å²) in [6.07, 6.45) is 2.54. The van der Waals surface area contributed by atoms with Crippen LogP contribution in [-0.4, -0.2) is 22.0 Å². The number of H-pyrrole nitrogens is 1. The van der Waals surface area contributed by atoms with E-state index >= 15 is 0 Å². The monoisotopic (exact) mass is 339 g/mol. The fraction of sp³-hybridized carbons (Fsp3) is 0.263. The third-order valence-electron chi connectivity index (χ3n) is 3.69. The number of carbonyl (C=O) groups excluding carboxylic acids is 1. The summed E-state index contributed by atoms with van der Waals surface area (Å²) in [5.74, 6) is 1.32. The number of primary amides is 1. The number of fused-ring (bicyclic) bond motifs is 1. The van der Waals surface area contributed by atoms with Gasteiger partial charge in [-0.15, -0.1) is 0 Å². The van der Waals surface area contributed by atoms with E-state index in [1.807, 2.05) is 32.0 Å². The molecule has 3 N–H and O–H groups in total. The molecule has 2 heterocycles. The molecule has 0 saturated carbocycles. The molecule has 1 amide bonds. The average molecular weight is 339 g/mol. The van der Waals surface area contributed by atoms with Gasteiger partial charge < -0.3 is 20.2 Å². The summed E-state index contributed by atoms with van der Waals surface area (Å²) in [5.41, 5.74) is 7.42. The standard InChI is InChI=1S/C19H21N3O3/c1-4-13-5-6-14(10-21-13)25-15-7-12-8-16(19(20)23)22-18(12)17(9-15)24-11(2)3/h5-11,22H,4H2,1-3H3,(H2,20,23). The van der Waals surface area contributed by atoms with Crippen molar-refractivity contribution in [2.45, 2.75) is 33.3 Å². The van der Waals surface area contributed by atoms with Gasteiger partial charge in [0.2, 0.25) is 0 Å². The number of ether oxygens (including phenoxy) is 2. The number of rotatable bonds is 6. The summed E-state index contributed by atoms with van der Waals surface area (Å²) >= 11 is 0. The molecule has 0 aliphatic rings. The van der Waals surface area contributed by atoms with Crippen molar-refractivity contribution in [1.82, 2.24) is 9.97 Å². The van der Waals surface area contributed by atoms with Gasteiger partial charge in [0.05, 0.1) is 17.8 Å². The van der Waals surface area contributed by atoms with E-state index in [9.17, 15) is 4.79 Å². The van der Waals surface area contributed by atoms with E-state index in [0.29, 0.717) is 28.5 Å². The summed E-state index contributed by atoms with van der Waals surface area (Å²) in [4.78, 5) is 18.8. The summed E-state index contributed by atoms with van der Waals surface area (Å²) in [5, 5.41) is 0.792. The maximum absolute atomic E-state index is 11.5. The zero-order valence-electron chi connectivity index (χ0n) is 14.5. The van der Waals surface area contributed by atoms with E-state index in [1.165, 1.54) is 0 Å². The Labute approximate surface area is 146 Å². The molecule has 1 aromatic carbocycles. The molecule has 0 spiro atoms. The van der Waals surface area contributed by atoms with Crippen molar-refractivity contribution in [3.63, 3.8) is 0 Å². The number of aryl methyl sites for hydroxylation is 1. The van der Waals surface area contributed by atoms with E-state index in [2.05, 4.69) is 16.9 Å². The van der Waals surface area contributed by atoms with Gasteiger partial charge in [0.25, 0.3) is 5.91 Å². The van der Waals surface area contributed by atoms with Gasteiger partial charge in [-0.3, -0.25) is 9.78 Å². The zero-order valence-corrected chi connectivity index (χ0v) is 14.5. The lowest BCUT2D eigenvalue weighted by molar-refractivity contribution is 0.0996. The van der Waals surface area contributed by atoms with Crippen LogP contribution in [0.2, 0.25) is 0 Å². The minimum absolute atomic E-state index is 0.0238. The average Bonchev–Trinajstić information content (AvgIpc) is 3.00. The van der Waals surface area contributed by atoms with Crippen LogP contribution in [0.25, 0.3) is 10.9 Å². The predicted molar refractivity (Wildman–Crippen MR) is 96.3 cm³/mol. The molecule has 0 aliphatic heterocycles. The predicted octanol–water partition coefficient (Wildman–Crippen LogP) is 3.80. The highest BCUT2D eigenvalue weighted by Gasteiger charge is 2.14. The normalized spacial score (nSPS) is 11.0. The fourth-order valence-corrected chi connectivity index (χ4v) is 2.54. The molecule has 2 aromatic heterocycles. The lowest BCUT2D eigenvalue weighted by Crippen LogP contribution is -2.11. The Morgan fingerprint density at radius 2 is 2.04 bits per heavy atom. The minimum Gasteiger partial charge on any atom is -0.489 e. The first-order valence-electron chi connectivity index (χ1n) is 8.22. The fourth-order valence-electron chi connectivity index (χ4n) is 2.54. The third kappa shape index (κ3) is 3.74. The topological polar surface area (TPSA) is 90.2 Å². The first-order chi connectivity index (χ1) is 12.0. The maximum atomic E-state index is 11.5. The van der Waals surface area contributed by atoms with Crippen molar-refractivity contribution in [1.29, 1.82) is 0 Å². The van der Waals surface area contributed by atoms with E-state index in [4.69, 9.17) is 15.2 Å². The van der Waals surface area contributed by atoms with Gasteiger partial charge in [-0.1, -0.05) is 6.92 Å². The second kappa shape index (κ2) is 6.84. The van der Waals surface area contributed by atoms with E-state index in [0.717, 1.165) is 17.5 Å². The summed E-state index contributed by atoms with van der Waals surface area (Å²) in [7, 11) is 0. The summed E-state index contributed by atoms with van der Waals surface area (Å²) < 4.78 is 11.8. The molecule has 0 fully saturated rings. The van der Waals surface area contributed by atoms with Crippen LogP contribution in [0.4, 0.5) is 0 Å². The number of nitrogens with zero attached hydrogens (tertiary/aromatic N) is 1. The van der Waals surface area contributed by atoms with Crippen LogP contribution >= 0.6 is 0 Å². The second-order valence-electron chi connectivity index (χ2n) is 6.04. The molecule has 25 heavy (non-hydrogen) atoms. The quantitative estimate of drug-likeness (QED) is 0.714. The number of benzene rings is 1. The molecule has 0 radical (unpaired) electrons. The zero-order chi connectivity index (χ0) is 18.0. The molecule has 6 heteroatoms. The molecule has 0 atom stereocenters. The van der Waals surface area contributed by atoms with Crippen molar-refractivity contribution in [3.8, 4) is 17.2 Å². The van der Waals surface area contributed by atoms with Crippen molar-refractivity contribution < 1.29 is 14.3 Å². The maximum Gasteiger partial charge on any atom is 0.265 e. The van der Waals surface area contributed by atoms with Gasteiger partial charge in [0.1, 0.15) is 22.9 Å². The number of hydrogen-bond donors (Lipinski definition) is 2. The van der Waals surface area contributed by atoms with Crippen LogP contribution in [0.3, 0.4) is 0 Å². The Morgan fingerprint density at radius 1 is 1.24 bits per heavy atom. The smallest absolute Gasteiger partial charge is 0.265 e. The first kappa shape index (κ1) is 16.8. The van der Waals surface area contributed by atoms with Gasteiger partial charge in [-0.2, -0.15) is 0 Å². The van der Waals surface area contributed by atoms with Crippen LogP contribution < -0.4 is 15.2 Å². The van der Waals surface area contributed by atoms with Gasteiger partial charge in [-0.05, 0) is 44.5 Å². The highest BCUT2D eigenvalue weighted by atomic mass is 16.5. The molecule has 0 unspecified atom stereocenters. The Morgan fingerprint density at radius 3 is 2.64 bits per heavy atom. The largest absolute Gasteiger partial charge is 0.489 e. The highest BCUT2D eigenvalue weighted by Crippen LogP contribution is 2.34. The summed E-state index contributed by atoms with van der Waals surface area (Å²) in [6.45, 7) is 5.92. The Balaban J connectivity index is 2.00. The van der Waals surface area contributed by atoms with Crippen LogP contribution in [-0.2, 0) is 6.42 Å². The number of nitrogens with two attached hydrogens (primary N) is 1. The number of carbonyl (C=O) groups is 1. The number of amides is 1. The van der Waals surface area contributed by atoms with Crippen molar-refractivity contribution in [2.75, 3.05) is 0 Å². The Hall–Kier alpha value is -3.02. The second-order valence-corrected chi connectivity index (χ2v) is 6.04. The molecule has 0 bridgehead atoms. The number of pyridine rings is 1. The molecule has 3 rings (SSSR count). The van der Waals surface area contributed by atoms with Crippen molar-refractivity contribution in [3.05, 3.63) is 47.9 Å². The number of aromatic nitrogens is 2. The lowest BCUT2D eigenvalue weighted by Gasteiger charge is -2.13. The molecule has 0 aliphatic carbocycles. The highest BCUT2D eigenvalue weighted by molar-refractivity contribution is 5.99. The van der Waals surface area contributed by atoms with Crippen LogP contribution in [0, 0.1) is 0 Å². The summed E-state index contributed by atoms with van der Waals surface area (Å²) in [6, 6.07) is 9.12. The van der Waals surface area contributed by atoms with Gasteiger partial charge >= 0.3 is 0 Å². The van der Waals surface area contributed by atoms with Crippen molar-refractivity contribution >= 4 is 16.8 Å². The van der Waals surface area contributed by atoms with Gasteiger partial charge in [-0.25, -0.2) is 0 Å². The lowest BCUT2D eigenvalue weighted by atomic mass is 10.2. The van der Waals surface area contributed by atoms with Crippen LogP contribution in [0.5, 0.6) is 17.2 Å². The SMILES string of the molecule is CCc1ccc(Oc2cc(OC(C)C)c3[nH]c(C(N)=O)cc3c2)cn1.